The summed E-state index contributed by atoms with van der Waals surface area (Å²) < 4.78 is 7.96. The predicted molar refractivity (Wildman–Crippen MR) is 87.0 cm³/mol. The fourth-order valence-electron chi connectivity index (χ4n) is 2.36. The highest BCUT2D eigenvalue weighted by Crippen LogP contribution is 2.40. The van der Waals surface area contributed by atoms with Gasteiger partial charge in [-0.25, -0.2) is 0 Å². The summed E-state index contributed by atoms with van der Waals surface area (Å²) in [5.41, 5.74) is -0.124. The van der Waals surface area contributed by atoms with Crippen molar-refractivity contribution < 1.29 is 9.84 Å². The van der Waals surface area contributed by atoms with E-state index < -0.39 is 5.60 Å². The van der Waals surface area contributed by atoms with Crippen LogP contribution in [0, 0.1) is 0 Å². The molecule has 0 saturated heterocycles. The van der Waals surface area contributed by atoms with E-state index >= 15 is 0 Å². The van der Waals surface area contributed by atoms with Gasteiger partial charge in [0.15, 0.2) is 5.75 Å². The molecule has 1 heterocycles. The summed E-state index contributed by atoms with van der Waals surface area (Å²) in [4.78, 5) is 0. The van der Waals surface area contributed by atoms with Gasteiger partial charge in [0.1, 0.15) is 11.3 Å². The lowest BCUT2D eigenvalue weighted by Gasteiger charge is -2.28. The Hall–Kier alpha value is -1.04. The van der Waals surface area contributed by atoms with Gasteiger partial charge in [-0.05, 0) is 32.9 Å². The first-order chi connectivity index (χ1) is 9.78. The molecule has 2 aromatic rings. The monoisotopic (exact) mass is 372 g/mol. The molecule has 0 amide bonds. The quantitative estimate of drug-likeness (QED) is 0.876. The molecule has 0 radical (unpaired) electrons. The number of aliphatic hydroxyl groups is 1. The molecule has 0 saturated carbocycles. The van der Waals surface area contributed by atoms with Gasteiger partial charge in [0.05, 0.1) is 13.3 Å². The highest BCUT2D eigenvalue weighted by molar-refractivity contribution is 9.10. The van der Waals surface area contributed by atoms with Crippen molar-refractivity contribution in [1.82, 2.24) is 9.78 Å². The Labute approximate surface area is 137 Å². The summed E-state index contributed by atoms with van der Waals surface area (Å²) in [5.74, 6) is 0.535. The van der Waals surface area contributed by atoms with Crippen LogP contribution in [0.15, 0.2) is 28.9 Å². The molecule has 1 unspecified atom stereocenters. The molecule has 4 nitrogen and oxygen atoms in total. The van der Waals surface area contributed by atoms with Crippen LogP contribution in [-0.4, -0.2) is 22.0 Å². The molecule has 0 aliphatic carbocycles. The van der Waals surface area contributed by atoms with Gasteiger partial charge in [-0.3, -0.25) is 4.68 Å². The Morgan fingerprint density at radius 1 is 1.43 bits per heavy atom. The largest absolute Gasteiger partial charge is 0.493 e. The molecule has 1 N–H and O–H groups in total. The number of hydrogen-bond acceptors (Lipinski definition) is 3. The molecule has 1 aromatic carbocycles. The number of aromatic nitrogens is 2. The van der Waals surface area contributed by atoms with Crippen LogP contribution in [0.2, 0.25) is 5.02 Å². The van der Waals surface area contributed by atoms with E-state index in [1.165, 1.54) is 0 Å². The summed E-state index contributed by atoms with van der Waals surface area (Å²) in [6.07, 6.45) is 1.61. The fourth-order valence-corrected chi connectivity index (χ4v) is 3.22. The number of halogens is 2. The van der Waals surface area contributed by atoms with E-state index in [-0.39, 0.29) is 6.04 Å². The number of ether oxygens (including phenoxy) is 1. The molecule has 1 atom stereocenters. The summed E-state index contributed by atoms with van der Waals surface area (Å²) in [7, 11) is 1.56. The summed E-state index contributed by atoms with van der Waals surface area (Å²) in [6.45, 7) is 5.69. The first kappa shape index (κ1) is 16.3. The van der Waals surface area contributed by atoms with Crippen molar-refractivity contribution >= 4 is 27.5 Å². The molecule has 0 aliphatic rings. The van der Waals surface area contributed by atoms with E-state index in [1.807, 2.05) is 19.9 Å². The normalized spacial score (nSPS) is 14.3. The second-order valence-corrected chi connectivity index (χ2v) is 6.62. The number of hydrogen-bond donors (Lipinski definition) is 1. The van der Waals surface area contributed by atoms with Gasteiger partial charge in [0, 0.05) is 21.1 Å². The minimum absolute atomic E-state index is 0.0876. The van der Waals surface area contributed by atoms with Crippen LogP contribution in [0.1, 0.15) is 38.1 Å². The molecule has 0 aliphatic heterocycles. The van der Waals surface area contributed by atoms with Crippen molar-refractivity contribution in [2.75, 3.05) is 7.11 Å². The third kappa shape index (κ3) is 2.96. The van der Waals surface area contributed by atoms with Crippen LogP contribution in [0.3, 0.4) is 0 Å². The zero-order valence-corrected chi connectivity index (χ0v) is 14.7. The Morgan fingerprint density at radius 3 is 2.62 bits per heavy atom. The zero-order valence-electron chi connectivity index (χ0n) is 12.4. The van der Waals surface area contributed by atoms with Gasteiger partial charge >= 0.3 is 0 Å². The highest BCUT2D eigenvalue weighted by atomic mass is 79.9. The molecular formula is C15H18BrClN2O2. The summed E-state index contributed by atoms with van der Waals surface area (Å²) >= 11 is 9.67. The van der Waals surface area contributed by atoms with Crippen LogP contribution in [0.4, 0.5) is 0 Å². The SMILES string of the molecule is COc1cnn(C(C)C)c1C(C)(O)c1ccc(Br)cc1Cl. The molecule has 2 rings (SSSR count). The van der Waals surface area contributed by atoms with Crippen LogP contribution in [0.25, 0.3) is 0 Å². The topological polar surface area (TPSA) is 47.3 Å². The number of methoxy groups -OCH3 is 1. The smallest absolute Gasteiger partial charge is 0.163 e. The third-order valence-electron chi connectivity index (χ3n) is 3.39. The average molecular weight is 374 g/mol. The minimum atomic E-state index is -1.32. The van der Waals surface area contributed by atoms with Crippen molar-refractivity contribution in [1.29, 1.82) is 0 Å². The van der Waals surface area contributed by atoms with Crippen LogP contribution in [0.5, 0.6) is 5.75 Å². The van der Waals surface area contributed by atoms with Crippen molar-refractivity contribution in [3.63, 3.8) is 0 Å². The van der Waals surface area contributed by atoms with E-state index in [9.17, 15) is 5.11 Å². The van der Waals surface area contributed by atoms with Crippen molar-refractivity contribution in [2.24, 2.45) is 0 Å². The van der Waals surface area contributed by atoms with E-state index in [2.05, 4.69) is 21.0 Å². The number of nitrogens with zero attached hydrogens (tertiary/aromatic N) is 2. The lowest BCUT2D eigenvalue weighted by Crippen LogP contribution is -2.28. The zero-order chi connectivity index (χ0) is 15.8. The maximum absolute atomic E-state index is 11.1. The standard InChI is InChI=1S/C15H18BrClN2O2/c1-9(2)19-14(13(21-4)8-18-19)15(3,20)11-6-5-10(16)7-12(11)17/h5-9,20H,1-4H3. The Bertz CT molecular complexity index is 653. The summed E-state index contributed by atoms with van der Waals surface area (Å²) in [6, 6.07) is 5.49. The molecule has 1 aromatic heterocycles. The molecule has 21 heavy (non-hydrogen) atoms. The van der Waals surface area contributed by atoms with E-state index in [0.29, 0.717) is 22.0 Å². The molecule has 0 bridgehead atoms. The predicted octanol–water partition coefficient (Wildman–Crippen LogP) is 4.14. The van der Waals surface area contributed by atoms with Crippen molar-refractivity contribution in [2.45, 2.75) is 32.4 Å². The van der Waals surface area contributed by atoms with Crippen LogP contribution < -0.4 is 4.74 Å². The lowest BCUT2D eigenvalue weighted by molar-refractivity contribution is 0.0869. The molecule has 0 spiro atoms. The van der Waals surface area contributed by atoms with Gasteiger partial charge in [-0.2, -0.15) is 5.10 Å². The van der Waals surface area contributed by atoms with Gasteiger partial charge < -0.3 is 9.84 Å². The second kappa shape index (κ2) is 5.99. The molecule has 114 valence electrons. The highest BCUT2D eigenvalue weighted by Gasteiger charge is 2.35. The molecular weight excluding hydrogens is 356 g/mol. The Kier molecular flexibility index (Phi) is 4.66. The minimum Gasteiger partial charge on any atom is -0.493 e. The van der Waals surface area contributed by atoms with E-state index in [0.717, 1.165) is 4.47 Å². The second-order valence-electron chi connectivity index (χ2n) is 5.30. The van der Waals surface area contributed by atoms with Crippen molar-refractivity contribution in [3.05, 3.63) is 45.1 Å². The maximum atomic E-state index is 11.1. The van der Waals surface area contributed by atoms with Gasteiger partial charge in [-0.1, -0.05) is 33.6 Å². The molecule has 6 heteroatoms. The van der Waals surface area contributed by atoms with Crippen LogP contribution >= 0.6 is 27.5 Å². The maximum Gasteiger partial charge on any atom is 0.163 e. The first-order valence-corrected chi connectivity index (χ1v) is 7.76. The lowest BCUT2D eigenvalue weighted by atomic mass is 9.91. The van der Waals surface area contributed by atoms with Gasteiger partial charge in [0.25, 0.3) is 0 Å². The average Bonchev–Trinajstić information content (AvgIpc) is 2.82. The fraction of sp³-hybridized carbons (Fsp3) is 0.400. The molecule has 0 fully saturated rings. The Balaban J connectivity index is 2.65. The number of benzene rings is 1. The van der Waals surface area contributed by atoms with Gasteiger partial charge in [-0.15, -0.1) is 0 Å². The first-order valence-electron chi connectivity index (χ1n) is 6.59. The number of rotatable bonds is 4. The van der Waals surface area contributed by atoms with Crippen molar-refractivity contribution in [3.8, 4) is 5.75 Å². The third-order valence-corrected chi connectivity index (χ3v) is 4.19. The van der Waals surface area contributed by atoms with E-state index in [1.54, 1.807) is 37.0 Å². The van der Waals surface area contributed by atoms with Crippen LogP contribution in [-0.2, 0) is 5.60 Å². The Morgan fingerprint density at radius 2 is 2.10 bits per heavy atom. The van der Waals surface area contributed by atoms with Gasteiger partial charge in [0.2, 0.25) is 0 Å². The van der Waals surface area contributed by atoms with E-state index in [4.69, 9.17) is 16.3 Å². The summed E-state index contributed by atoms with van der Waals surface area (Å²) in [5, 5.41) is 15.9.